The quantitative estimate of drug-likeness (QED) is 0.178. The van der Waals surface area contributed by atoms with Crippen LogP contribution < -0.4 is 14.5 Å². The summed E-state index contributed by atoms with van der Waals surface area (Å²) in [6, 6.07) is 45.2. The van der Waals surface area contributed by atoms with E-state index in [0.717, 1.165) is 47.1 Å². The number of anilines is 4. The number of aromatic nitrogens is 2. The van der Waals surface area contributed by atoms with E-state index < -0.39 is 0 Å². The summed E-state index contributed by atoms with van der Waals surface area (Å²) in [5.41, 5.74) is 9.75. The van der Waals surface area contributed by atoms with Gasteiger partial charge < -0.3 is 14.5 Å². The maximum absolute atomic E-state index is 6.65. The van der Waals surface area contributed by atoms with Crippen molar-refractivity contribution in [3.8, 4) is 17.3 Å². The number of hydrogen-bond acceptors (Lipinski definition) is 4. The molecule has 0 bridgehead atoms. The van der Waals surface area contributed by atoms with Gasteiger partial charge >= 0.3 is 0 Å². The maximum Gasteiger partial charge on any atom is 0.137 e. The Balaban J connectivity index is 1.15. The minimum absolute atomic E-state index is 0.0123. The summed E-state index contributed by atoms with van der Waals surface area (Å²) >= 11 is 0. The molecule has 5 aromatic carbocycles. The fourth-order valence-corrected chi connectivity index (χ4v) is 7.25. The number of rotatable bonds is 6. The first-order valence-corrected chi connectivity index (χ1v) is 17.5. The molecular formula is C45H44N4O. The average molecular weight is 657 g/mol. The van der Waals surface area contributed by atoms with Gasteiger partial charge in [0, 0.05) is 40.5 Å². The topological polar surface area (TPSA) is 33.5 Å². The second-order valence-electron chi connectivity index (χ2n) is 15.6. The molecule has 2 aromatic heterocycles. The summed E-state index contributed by atoms with van der Waals surface area (Å²) in [5.74, 6) is 2.48. The van der Waals surface area contributed by atoms with Crippen LogP contribution in [0.15, 0.2) is 134 Å². The Hall–Kier alpha value is -5.55. The highest BCUT2D eigenvalue weighted by Gasteiger charge is 2.30. The van der Waals surface area contributed by atoms with E-state index in [9.17, 15) is 0 Å². The van der Waals surface area contributed by atoms with E-state index >= 15 is 0 Å². The van der Waals surface area contributed by atoms with Gasteiger partial charge in [-0.3, -0.25) is 4.57 Å². The molecule has 0 N–H and O–H groups in total. The number of pyridine rings is 1. The lowest BCUT2D eigenvalue weighted by atomic mass is 9.87. The van der Waals surface area contributed by atoms with Crippen LogP contribution in [-0.4, -0.2) is 16.2 Å². The van der Waals surface area contributed by atoms with E-state index in [1.165, 1.54) is 39.0 Å². The second kappa shape index (κ2) is 12.1. The van der Waals surface area contributed by atoms with E-state index in [2.05, 4.69) is 177 Å². The molecule has 0 aliphatic carbocycles. The molecule has 1 aliphatic heterocycles. The predicted octanol–water partition coefficient (Wildman–Crippen LogP) is 12.1. The number of fused-ring (bicyclic) bond motifs is 4. The second-order valence-corrected chi connectivity index (χ2v) is 15.6. The van der Waals surface area contributed by atoms with Crippen molar-refractivity contribution in [1.29, 1.82) is 0 Å². The third-order valence-electron chi connectivity index (χ3n) is 9.60. The number of hydrogen-bond donors (Lipinski definition) is 0. The van der Waals surface area contributed by atoms with Crippen LogP contribution in [0.5, 0.6) is 11.5 Å². The van der Waals surface area contributed by atoms with Crippen molar-refractivity contribution >= 4 is 44.6 Å². The molecule has 50 heavy (non-hydrogen) atoms. The molecule has 5 heteroatoms. The Kier molecular flexibility index (Phi) is 7.67. The van der Waals surface area contributed by atoms with Gasteiger partial charge in [-0.15, -0.1) is 0 Å². The number of ether oxygens (including phenoxy) is 1. The van der Waals surface area contributed by atoms with E-state index in [1.807, 2.05) is 12.3 Å². The smallest absolute Gasteiger partial charge is 0.137 e. The molecule has 250 valence electrons. The number of benzene rings is 5. The van der Waals surface area contributed by atoms with Crippen LogP contribution in [0.3, 0.4) is 0 Å². The van der Waals surface area contributed by atoms with E-state index in [4.69, 9.17) is 9.72 Å². The first-order chi connectivity index (χ1) is 24.0. The lowest BCUT2D eigenvalue weighted by molar-refractivity contribution is 0.411. The largest absolute Gasteiger partial charge is 0.457 e. The van der Waals surface area contributed by atoms with Crippen LogP contribution in [0.4, 0.5) is 22.7 Å². The highest BCUT2D eigenvalue weighted by Crippen LogP contribution is 2.46. The van der Waals surface area contributed by atoms with Gasteiger partial charge in [-0.2, -0.15) is 0 Å². The van der Waals surface area contributed by atoms with Gasteiger partial charge in [0.05, 0.1) is 22.4 Å². The molecule has 1 aliphatic rings. The molecular weight excluding hydrogens is 613 g/mol. The molecule has 7 aromatic rings. The van der Waals surface area contributed by atoms with Crippen molar-refractivity contribution in [3.63, 3.8) is 0 Å². The third kappa shape index (κ3) is 5.87. The summed E-state index contributed by atoms with van der Waals surface area (Å²) < 4.78 is 8.91. The van der Waals surface area contributed by atoms with Crippen LogP contribution in [0.1, 0.15) is 52.7 Å². The summed E-state index contributed by atoms with van der Waals surface area (Å²) in [6.07, 6.45) is 2.93. The van der Waals surface area contributed by atoms with Gasteiger partial charge in [0.25, 0.3) is 0 Å². The fourth-order valence-electron chi connectivity index (χ4n) is 7.25. The normalized spacial score (nSPS) is 13.3. The Morgan fingerprint density at radius 2 is 1.28 bits per heavy atom. The minimum Gasteiger partial charge on any atom is -0.457 e. The molecule has 0 unspecified atom stereocenters. The van der Waals surface area contributed by atoms with Crippen LogP contribution in [-0.2, 0) is 11.8 Å². The van der Waals surface area contributed by atoms with Gasteiger partial charge in [-0.05, 0) is 89.0 Å². The number of nitrogens with zero attached hydrogens (tertiary/aromatic N) is 4. The van der Waals surface area contributed by atoms with Crippen molar-refractivity contribution < 1.29 is 4.74 Å². The van der Waals surface area contributed by atoms with Crippen LogP contribution in [0.2, 0.25) is 0 Å². The molecule has 0 atom stereocenters. The number of para-hydroxylation sites is 4. The van der Waals surface area contributed by atoms with Gasteiger partial charge in [0.15, 0.2) is 0 Å². The van der Waals surface area contributed by atoms with Crippen molar-refractivity contribution in [2.45, 2.75) is 53.4 Å². The molecule has 0 amide bonds. The van der Waals surface area contributed by atoms with Crippen molar-refractivity contribution in [2.24, 2.45) is 5.41 Å². The molecule has 0 spiro atoms. The lowest BCUT2D eigenvalue weighted by Crippen LogP contribution is -2.25. The highest BCUT2D eigenvalue weighted by atomic mass is 16.5. The van der Waals surface area contributed by atoms with E-state index in [1.54, 1.807) is 0 Å². The van der Waals surface area contributed by atoms with Gasteiger partial charge in [-0.1, -0.05) is 96.1 Å². The zero-order chi connectivity index (χ0) is 34.6. The fraction of sp³-hybridized carbons (Fsp3) is 0.222. The van der Waals surface area contributed by atoms with Gasteiger partial charge in [0.1, 0.15) is 24.0 Å². The Bertz CT molecular complexity index is 2360. The van der Waals surface area contributed by atoms with E-state index in [-0.39, 0.29) is 10.8 Å². The van der Waals surface area contributed by atoms with Crippen LogP contribution in [0, 0.1) is 5.41 Å². The standard InChI is InChI=1S/C45H44N4O/c1-44(2,3)29-31-14-7-9-18-38(31)48-30-47(40-20-11-12-21-41(40)48)33-15-13-16-34(27-33)50-35-22-23-37-36-17-8-10-19-39(36)49(42(37)28-35)43-26-32(24-25-46-43)45(4,5)6/h7-28H,29-30H2,1-6H3. The maximum atomic E-state index is 6.65. The zero-order valence-corrected chi connectivity index (χ0v) is 29.8. The highest BCUT2D eigenvalue weighted by molar-refractivity contribution is 6.09. The zero-order valence-electron chi connectivity index (χ0n) is 29.8. The van der Waals surface area contributed by atoms with Crippen molar-refractivity contribution in [2.75, 3.05) is 16.5 Å². The Labute approximate surface area is 295 Å². The van der Waals surface area contributed by atoms with Gasteiger partial charge in [0.2, 0.25) is 0 Å². The van der Waals surface area contributed by atoms with Crippen molar-refractivity contribution in [1.82, 2.24) is 9.55 Å². The van der Waals surface area contributed by atoms with Crippen LogP contribution in [0.25, 0.3) is 27.6 Å². The first-order valence-electron chi connectivity index (χ1n) is 17.5. The Morgan fingerprint density at radius 3 is 2.06 bits per heavy atom. The molecule has 0 saturated carbocycles. The average Bonchev–Trinajstić information content (AvgIpc) is 3.64. The summed E-state index contributed by atoms with van der Waals surface area (Å²) in [5, 5.41) is 2.37. The van der Waals surface area contributed by atoms with Gasteiger partial charge in [-0.25, -0.2) is 4.98 Å². The molecule has 0 fully saturated rings. The lowest BCUT2D eigenvalue weighted by Gasteiger charge is -2.27. The molecule has 0 saturated heterocycles. The molecule has 8 rings (SSSR count). The SMILES string of the molecule is CC(C)(C)Cc1ccccc1N1CN(c2cccc(Oc3ccc4c5ccccc5n(-c5cc(C(C)(C)C)ccn5)c4c3)c2)c2ccccc21. The third-order valence-corrected chi connectivity index (χ3v) is 9.60. The first kappa shape index (κ1) is 31.7. The van der Waals surface area contributed by atoms with E-state index in [0.29, 0.717) is 0 Å². The van der Waals surface area contributed by atoms with Crippen LogP contribution >= 0.6 is 0 Å². The molecule has 3 heterocycles. The molecule has 0 radical (unpaired) electrons. The summed E-state index contributed by atoms with van der Waals surface area (Å²) in [6.45, 7) is 14.3. The summed E-state index contributed by atoms with van der Waals surface area (Å²) in [7, 11) is 0. The molecule has 5 nitrogen and oxygen atoms in total. The predicted molar refractivity (Wildman–Crippen MR) is 209 cm³/mol. The monoisotopic (exact) mass is 656 g/mol. The summed E-state index contributed by atoms with van der Waals surface area (Å²) in [4.78, 5) is 9.67. The Morgan fingerprint density at radius 1 is 0.600 bits per heavy atom. The van der Waals surface area contributed by atoms with Crippen molar-refractivity contribution in [3.05, 3.63) is 145 Å². The minimum atomic E-state index is 0.0123.